The van der Waals surface area contributed by atoms with Crippen molar-refractivity contribution in [1.29, 1.82) is 0 Å². The third kappa shape index (κ3) is 4.62. The van der Waals surface area contributed by atoms with E-state index in [0.29, 0.717) is 11.3 Å². The lowest BCUT2D eigenvalue weighted by molar-refractivity contribution is -0.186. The number of aromatic nitrogens is 1. The first-order chi connectivity index (χ1) is 12.1. The average molecular weight is 373 g/mol. The van der Waals surface area contributed by atoms with Crippen molar-refractivity contribution in [2.75, 3.05) is 6.54 Å². The first-order valence-electron chi connectivity index (χ1n) is 7.60. The van der Waals surface area contributed by atoms with Crippen LogP contribution >= 0.6 is 0 Å². The molecule has 2 atom stereocenters. The largest absolute Gasteiger partial charge is 0.471 e. The van der Waals surface area contributed by atoms with Gasteiger partial charge in [0, 0.05) is 12.1 Å². The fourth-order valence-electron chi connectivity index (χ4n) is 2.68. The van der Waals surface area contributed by atoms with E-state index in [1.807, 2.05) is 0 Å². The van der Waals surface area contributed by atoms with E-state index in [4.69, 9.17) is 5.73 Å². The van der Waals surface area contributed by atoms with Crippen molar-refractivity contribution in [2.24, 2.45) is 5.73 Å². The number of carbonyl (C=O) groups excluding carboxylic acids is 2. The Morgan fingerprint density at radius 3 is 2.77 bits per heavy atom. The molecule has 0 aromatic carbocycles. The number of likely N-dealkylation sites (tertiary alicyclic amines) is 1. The van der Waals surface area contributed by atoms with E-state index in [2.05, 4.69) is 21.6 Å². The summed E-state index contributed by atoms with van der Waals surface area (Å²) in [6.45, 7) is 1.32. The van der Waals surface area contributed by atoms with Crippen LogP contribution in [0.1, 0.15) is 37.1 Å². The van der Waals surface area contributed by atoms with Crippen LogP contribution in [-0.4, -0.2) is 40.7 Å². The molecule has 0 saturated carbocycles. The van der Waals surface area contributed by atoms with Crippen molar-refractivity contribution in [2.45, 2.75) is 38.1 Å². The Bertz CT molecular complexity index is 770. The van der Waals surface area contributed by atoms with Crippen LogP contribution in [0.15, 0.2) is 12.3 Å². The third-order valence-electron chi connectivity index (χ3n) is 3.69. The van der Waals surface area contributed by atoms with Crippen LogP contribution in [-0.2, 0) is 9.53 Å². The van der Waals surface area contributed by atoms with Gasteiger partial charge in [0.1, 0.15) is 11.5 Å². The molecule has 1 aromatic rings. The standard InChI is InChI=1S/C16H15F4N3O3/c1-9(26-15(21)25)4-5-12-11(7-10(17)8-22-12)13-3-2-6-23(13)14(24)16(18,19)20/h7-9,13H,2-3,6H2,1H3,(H2,21,25)/t9-,13-/m1/s1. The van der Waals surface area contributed by atoms with Gasteiger partial charge in [-0.3, -0.25) is 4.79 Å². The highest BCUT2D eigenvalue weighted by Crippen LogP contribution is 2.36. The third-order valence-corrected chi connectivity index (χ3v) is 3.69. The van der Waals surface area contributed by atoms with Crippen molar-refractivity contribution in [3.63, 3.8) is 0 Å². The van der Waals surface area contributed by atoms with E-state index in [1.54, 1.807) is 0 Å². The van der Waals surface area contributed by atoms with Crippen LogP contribution in [0.5, 0.6) is 0 Å². The molecule has 2 heterocycles. The summed E-state index contributed by atoms with van der Waals surface area (Å²) in [5.41, 5.74) is 4.93. The number of primary amides is 1. The molecule has 0 radical (unpaired) electrons. The second-order valence-corrected chi connectivity index (χ2v) is 5.59. The summed E-state index contributed by atoms with van der Waals surface area (Å²) < 4.78 is 56.6. The molecule has 10 heteroatoms. The normalized spacial score (nSPS) is 18.0. The molecule has 6 nitrogen and oxygen atoms in total. The van der Waals surface area contributed by atoms with Gasteiger partial charge >= 0.3 is 18.2 Å². The highest BCUT2D eigenvalue weighted by molar-refractivity contribution is 5.82. The summed E-state index contributed by atoms with van der Waals surface area (Å²) in [5.74, 6) is 2.29. The van der Waals surface area contributed by atoms with Gasteiger partial charge in [-0.25, -0.2) is 14.2 Å². The van der Waals surface area contributed by atoms with Crippen molar-refractivity contribution < 1.29 is 31.9 Å². The van der Waals surface area contributed by atoms with Crippen molar-refractivity contribution >= 4 is 12.0 Å². The molecule has 0 aliphatic carbocycles. The molecule has 2 N–H and O–H groups in total. The molecule has 0 bridgehead atoms. The van der Waals surface area contributed by atoms with Crippen LogP contribution in [0.2, 0.25) is 0 Å². The van der Waals surface area contributed by atoms with Gasteiger partial charge in [-0.2, -0.15) is 13.2 Å². The van der Waals surface area contributed by atoms with E-state index in [1.165, 1.54) is 6.92 Å². The van der Waals surface area contributed by atoms with Crippen LogP contribution in [0.25, 0.3) is 0 Å². The molecular formula is C16H15F4N3O3. The van der Waals surface area contributed by atoms with Gasteiger partial charge in [0.2, 0.25) is 0 Å². The summed E-state index contributed by atoms with van der Waals surface area (Å²) in [6, 6.07) is 0.00693. The molecule has 2 amide bonds. The number of carbonyl (C=O) groups is 2. The molecule has 26 heavy (non-hydrogen) atoms. The van der Waals surface area contributed by atoms with Crippen LogP contribution in [0.3, 0.4) is 0 Å². The first-order valence-corrected chi connectivity index (χ1v) is 7.60. The molecule has 1 aliphatic rings. The lowest BCUT2D eigenvalue weighted by atomic mass is 10.0. The molecule has 2 rings (SSSR count). The highest BCUT2D eigenvalue weighted by atomic mass is 19.4. The Morgan fingerprint density at radius 2 is 2.15 bits per heavy atom. The SMILES string of the molecule is C[C@H](C#Cc1ncc(F)cc1[C@H]1CCCN1C(=O)C(F)(F)F)OC(N)=O. The van der Waals surface area contributed by atoms with E-state index < -0.39 is 36.1 Å². The second-order valence-electron chi connectivity index (χ2n) is 5.59. The maximum Gasteiger partial charge on any atom is 0.471 e. The minimum Gasteiger partial charge on any atom is -0.433 e. The zero-order valence-corrected chi connectivity index (χ0v) is 13.6. The number of rotatable bonds is 2. The maximum absolute atomic E-state index is 13.6. The molecule has 1 aliphatic heterocycles. The predicted molar refractivity (Wildman–Crippen MR) is 80.9 cm³/mol. The van der Waals surface area contributed by atoms with E-state index >= 15 is 0 Å². The second kappa shape index (κ2) is 7.59. The summed E-state index contributed by atoms with van der Waals surface area (Å²) in [4.78, 5) is 26.7. The number of amides is 2. The van der Waals surface area contributed by atoms with Gasteiger partial charge in [0.25, 0.3) is 0 Å². The van der Waals surface area contributed by atoms with E-state index in [-0.39, 0.29) is 24.2 Å². The summed E-state index contributed by atoms with van der Waals surface area (Å²) in [5, 5.41) is 0. The number of nitrogens with two attached hydrogens (primary N) is 1. The average Bonchev–Trinajstić information content (AvgIpc) is 3.00. The molecule has 140 valence electrons. The smallest absolute Gasteiger partial charge is 0.433 e. The van der Waals surface area contributed by atoms with Crippen LogP contribution in [0.4, 0.5) is 22.4 Å². The van der Waals surface area contributed by atoms with Gasteiger partial charge in [-0.1, -0.05) is 5.92 Å². The molecule has 1 fully saturated rings. The Balaban J connectivity index is 2.37. The number of nitrogens with zero attached hydrogens (tertiary/aromatic N) is 2. The first kappa shape index (κ1) is 19.5. The zero-order valence-electron chi connectivity index (χ0n) is 13.6. The number of ether oxygens (including phenoxy) is 1. The zero-order chi connectivity index (χ0) is 19.5. The molecule has 1 aromatic heterocycles. The van der Waals surface area contributed by atoms with Crippen molar-refractivity contribution in [1.82, 2.24) is 9.88 Å². The Morgan fingerprint density at radius 1 is 1.46 bits per heavy atom. The maximum atomic E-state index is 13.6. The predicted octanol–water partition coefficient (Wildman–Crippen LogP) is 2.28. The van der Waals surface area contributed by atoms with Gasteiger partial charge < -0.3 is 15.4 Å². The summed E-state index contributed by atoms with van der Waals surface area (Å²) in [6.07, 6.45) is -5.57. The van der Waals surface area contributed by atoms with Gasteiger partial charge in [0.15, 0.2) is 6.10 Å². The Kier molecular flexibility index (Phi) is 5.69. The van der Waals surface area contributed by atoms with E-state index in [0.717, 1.165) is 12.3 Å². The number of pyridine rings is 1. The fourth-order valence-corrected chi connectivity index (χ4v) is 2.68. The minimum absolute atomic E-state index is 0.00167. The number of alkyl halides is 3. The van der Waals surface area contributed by atoms with Gasteiger partial charge in [-0.05, 0) is 31.8 Å². The quantitative estimate of drug-likeness (QED) is 0.637. The molecule has 0 spiro atoms. The molecule has 1 saturated heterocycles. The van der Waals surface area contributed by atoms with Gasteiger partial charge in [-0.15, -0.1) is 0 Å². The Labute approximate surface area is 146 Å². The minimum atomic E-state index is -5.03. The highest BCUT2D eigenvalue weighted by Gasteiger charge is 2.46. The van der Waals surface area contributed by atoms with Gasteiger partial charge in [0.05, 0.1) is 12.2 Å². The number of halogens is 4. The monoisotopic (exact) mass is 373 g/mol. The summed E-state index contributed by atoms with van der Waals surface area (Å²) in [7, 11) is 0. The van der Waals surface area contributed by atoms with Crippen LogP contribution in [0, 0.1) is 17.7 Å². The number of hydrogen-bond acceptors (Lipinski definition) is 4. The molecular weight excluding hydrogens is 358 g/mol. The Hall–Kier alpha value is -2.83. The summed E-state index contributed by atoms with van der Waals surface area (Å²) >= 11 is 0. The molecule has 0 unspecified atom stereocenters. The number of hydrogen-bond donors (Lipinski definition) is 1. The van der Waals surface area contributed by atoms with Crippen molar-refractivity contribution in [3.8, 4) is 11.8 Å². The lowest BCUT2D eigenvalue weighted by Gasteiger charge is -2.26. The lowest BCUT2D eigenvalue weighted by Crippen LogP contribution is -2.40. The van der Waals surface area contributed by atoms with E-state index in [9.17, 15) is 27.2 Å². The van der Waals surface area contributed by atoms with Crippen molar-refractivity contribution in [3.05, 3.63) is 29.3 Å². The fraction of sp³-hybridized carbons (Fsp3) is 0.438. The van der Waals surface area contributed by atoms with Crippen LogP contribution < -0.4 is 5.73 Å². The topological polar surface area (TPSA) is 85.5 Å².